The average Bonchev–Trinajstić information content (AvgIpc) is 3.72. The Morgan fingerprint density at radius 1 is 1.00 bits per heavy atom. The van der Waals surface area contributed by atoms with Gasteiger partial charge >= 0.3 is 5.97 Å². The van der Waals surface area contributed by atoms with Crippen LogP contribution in [-0.2, 0) is 4.79 Å². The molecule has 3 aromatic carbocycles. The first kappa shape index (κ1) is 26.1. The fourth-order valence-electron chi connectivity index (χ4n) is 4.02. The molecule has 0 aromatic heterocycles. The van der Waals surface area contributed by atoms with Crippen molar-refractivity contribution in [2.45, 2.75) is 25.7 Å². The first-order valence-electron chi connectivity index (χ1n) is 12.5. The van der Waals surface area contributed by atoms with Gasteiger partial charge in [-0.1, -0.05) is 48.2 Å². The van der Waals surface area contributed by atoms with Crippen LogP contribution >= 0.6 is 0 Å². The molecule has 1 saturated carbocycles. The molecule has 0 aliphatic heterocycles. The smallest absolute Gasteiger partial charge is 0.341 e. The van der Waals surface area contributed by atoms with Crippen LogP contribution in [0.15, 0.2) is 72.8 Å². The number of aryl methyl sites for hydroxylation is 1. The van der Waals surface area contributed by atoms with Gasteiger partial charge in [0, 0.05) is 5.56 Å². The van der Waals surface area contributed by atoms with Crippen molar-refractivity contribution in [1.82, 2.24) is 4.90 Å². The van der Waals surface area contributed by atoms with Crippen molar-refractivity contribution in [3.05, 3.63) is 101 Å². The first-order chi connectivity index (χ1) is 17.9. The number of hydrogen-bond acceptors (Lipinski definition) is 4. The Hall–Kier alpha value is -4.01. The van der Waals surface area contributed by atoms with E-state index in [1.807, 2.05) is 32.0 Å². The molecule has 0 amide bonds. The van der Waals surface area contributed by atoms with Crippen molar-refractivity contribution >= 4 is 11.5 Å². The van der Waals surface area contributed by atoms with Gasteiger partial charge < -0.3 is 14.6 Å². The van der Waals surface area contributed by atoms with Gasteiger partial charge in [0.2, 0.25) is 0 Å². The summed E-state index contributed by atoms with van der Waals surface area (Å²) in [4.78, 5) is 12.8. The molecular weight excluding hydrogens is 462 g/mol. The van der Waals surface area contributed by atoms with E-state index in [1.54, 1.807) is 12.1 Å². The minimum atomic E-state index is -1.00. The summed E-state index contributed by atoms with van der Waals surface area (Å²) >= 11 is 0. The molecule has 0 radical (unpaired) electrons. The monoisotopic (exact) mass is 495 g/mol. The van der Waals surface area contributed by atoms with Crippen LogP contribution in [-0.4, -0.2) is 49.8 Å². The van der Waals surface area contributed by atoms with Gasteiger partial charge in [-0.05, 0) is 104 Å². The summed E-state index contributed by atoms with van der Waals surface area (Å²) in [5.41, 5.74) is 6.58. The fraction of sp³-hybridized carbons (Fsp3) is 0.281. The third-order valence-corrected chi connectivity index (χ3v) is 6.13. The van der Waals surface area contributed by atoms with E-state index in [0.29, 0.717) is 18.1 Å². The second-order valence-corrected chi connectivity index (χ2v) is 9.55. The zero-order valence-corrected chi connectivity index (χ0v) is 21.7. The Labute approximate surface area is 219 Å². The minimum absolute atomic E-state index is 0.368. The van der Waals surface area contributed by atoms with E-state index in [2.05, 4.69) is 66.4 Å². The standard InChI is InChI=1S/C32H33NO4/c1-23-21-29(16-17-31(23)37-22-32(34)35)36-20-18-30(28-14-12-26(13-15-28)25-10-11-25)27-8-6-24(7-9-27)5-4-19-33(2)3/h6-9,12-18,21,25H,10-11,19-20,22H2,1-3H3,(H,34,35)/b30-18+. The SMILES string of the molecule is Cc1cc(OC/C=C(\c2ccc(C#CCN(C)C)cc2)c2ccc(C3CC3)cc2)ccc1OCC(=O)O. The Bertz CT molecular complexity index is 1310. The summed E-state index contributed by atoms with van der Waals surface area (Å²) < 4.78 is 11.3. The summed E-state index contributed by atoms with van der Waals surface area (Å²) in [5, 5.41) is 8.83. The van der Waals surface area contributed by atoms with Gasteiger partial charge in [0.1, 0.15) is 18.1 Å². The highest BCUT2D eigenvalue weighted by Gasteiger charge is 2.23. The molecule has 1 N–H and O–H groups in total. The lowest BCUT2D eigenvalue weighted by molar-refractivity contribution is -0.139. The second kappa shape index (κ2) is 12.3. The molecule has 5 heteroatoms. The lowest BCUT2D eigenvalue weighted by Gasteiger charge is -2.12. The number of carbonyl (C=O) groups is 1. The van der Waals surface area contributed by atoms with Crippen LogP contribution in [0, 0.1) is 18.8 Å². The van der Waals surface area contributed by atoms with Crippen molar-refractivity contribution in [2.75, 3.05) is 33.9 Å². The molecule has 37 heavy (non-hydrogen) atoms. The van der Waals surface area contributed by atoms with Gasteiger partial charge in [0.15, 0.2) is 6.61 Å². The van der Waals surface area contributed by atoms with Crippen LogP contribution < -0.4 is 9.47 Å². The number of hydrogen-bond donors (Lipinski definition) is 1. The van der Waals surface area contributed by atoms with E-state index < -0.39 is 5.97 Å². The molecular formula is C32H33NO4. The van der Waals surface area contributed by atoms with Crippen LogP contribution in [0.3, 0.4) is 0 Å². The molecule has 0 bridgehead atoms. The lowest BCUT2D eigenvalue weighted by Crippen LogP contribution is -2.10. The molecule has 1 aliphatic carbocycles. The Morgan fingerprint density at radius 3 is 2.27 bits per heavy atom. The molecule has 5 nitrogen and oxygen atoms in total. The van der Waals surface area contributed by atoms with Crippen LogP contribution in [0.2, 0.25) is 0 Å². The number of rotatable bonds is 10. The zero-order chi connectivity index (χ0) is 26.2. The number of ether oxygens (including phenoxy) is 2. The van der Waals surface area contributed by atoms with E-state index in [-0.39, 0.29) is 6.61 Å². The van der Waals surface area contributed by atoms with E-state index in [1.165, 1.54) is 18.4 Å². The van der Waals surface area contributed by atoms with Gasteiger partial charge in [-0.2, -0.15) is 0 Å². The molecule has 1 fully saturated rings. The zero-order valence-electron chi connectivity index (χ0n) is 21.7. The number of aliphatic carboxylic acids is 1. The predicted molar refractivity (Wildman–Crippen MR) is 147 cm³/mol. The van der Waals surface area contributed by atoms with E-state index >= 15 is 0 Å². The molecule has 0 unspecified atom stereocenters. The van der Waals surface area contributed by atoms with E-state index in [9.17, 15) is 4.79 Å². The molecule has 3 aromatic rings. The van der Waals surface area contributed by atoms with Gasteiger partial charge in [-0.3, -0.25) is 4.90 Å². The van der Waals surface area contributed by atoms with Gasteiger partial charge in [0.25, 0.3) is 0 Å². The minimum Gasteiger partial charge on any atom is -0.489 e. The number of nitrogens with zero attached hydrogens (tertiary/aromatic N) is 1. The van der Waals surface area contributed by atoms with Crippen LogP contribution in [0.5, 0.6) is 11.5 Å². The molecule has 0 atom stereocenters. The Kier molecular flexibility index (Phi) is 8.66. The summed E-state index contributed by atoms with van der Waals surface area (Å²) in [6.45, 7) is 2.62. The maximum absolute atomic E-state index is 10.8. The third kappa shape index (κ3) is 7.73. The van der Waals surface area contributed by atoms with Gasteiger partial charge in [-0.25, -0.2) is 4.79 Å². The maximum Gasteiger partial charge on any atom is 0.341 e. The largest absolute Gasteiger partial charge is 0.489 e. The Balaban J connectivity index is 1.52. The average molecular weight is 496 g/mol. The fourth-order valence-corrected chi connectivity index (χ4v) is 4.02. The quantitative estimate of drug-likeness (QED) is 0.363. The van der Waals surface area contributed by atoms with E-state index in [0.717, 1.165) is 40.3 Å². The number of carboxylic acids is 1. The first-order valence-corrected chi connectivity index (χ1v) is 12.5. The van der Waals surface area contributed by atoms with Crippen molar-refractivity contribution < 1.29 is 19.4 Å². The summed E-state index contributed by atoms with van der Waals surface area (Å²) in [5.74, 6) is 7.35. The number of carboxylic acid groups (broad SMARTS) is 1. The normalized spacial score (nSPS) is 13.1. The van der Waals surface area contributed by atoms with Crippen molar-refractivity contribution in [2.24, 2.45) is 0 Å². The molecule has 0 heterocycles. The van der Waals surface area contributed by atoms with Gasteiger partial charge in [0.05, 0.1) is 6.54 Å². The maximum atomic E-state index is 10.8. The highest BCUT2D eigenvalue weighted by atomic mass is 16.5. The number of benzene rings is 3. The Morgan fingerprint density at radius 2 is 1.68 bits per heavy atom. The van der Waals surface area contributed by atoms with Crippen LogP contribution in [0.25, 0.3) is 5.57 Å². The third-order valence-electron chi connectivity index (χ3n) is 6.13. The topological polar surface area (TPSA) is 59.0 Å². The molecule has 4 rings (SSSR count). The predicted octanol–water partition coefficient (Wildman–Crippen LogP) is 5.76. The highest BCUT2D eigenvalue weighted by Crippen LogP contribution is 2.40. The van der Waals surface area contributed by atoms with Crippen molar-refractivity contribution in [3.63, 3.8) is 0 Å². The second-order valence-electron chi connectivity index (χ2n) is 9.55. The van der Waals surface area contributed by atoms with E-state index in [4.69, 9.17) is 14.6 Å². The summed E-state index contributed by atoms with van der Waals surface area (Å²) in [6, 6.07) is 22.6. The molecule has 0 spiro atoms. The summed E-state index contributed by atoms with van der Waals surface area (Å²) in [7, 11) is 4.02. The molecule has 190 valence electrons. The van der Waals surface area contributed by atoms with Crippen LogP contribution in [0.4, 0.5) is 0 Å². The van der Waals surface area contributed by atoms with Crippen molar-refractivity contribution in [3.8, 4) is 23.3 Å². The molecule has 1 aliphatic rings. The molecule has 0 saturated heterocycles. The van der Waals surface area contributed by atoms with Gasteiger partial charge in [-0.15, -0.1) is 0 Å². The lowest BCUT2D eigenvalue weighted by atomic mass is 9.95. The summed E-state index contributed by atoms with van der Waals surface area (Å²) in [6.07, 6.45) is 4.67. The van der Waals surface area contributed by atoms with Crippen molar-refractivity contribution in [1.29, 1.82) is 0 Å². The van der Waals surface area contributed by atoms with Crippen LogP contribution in [0.1, 0.15) is 46.6 Å². The highest BCUT2D eigenvalue weighted by molar-refractivity contribution is 5.80.